The molecule has 1 N–H and O–H groups in total. The van der Waals surface area contributed by atoms with Gasteiger partial charge < -0.3 is 9.84 Å². The first kappa shape index (κ1) is 11.0. The Morgan fingerprint density at radius 1 is 1.46 bits per heavy atom. The van der Waals surface area contributed by atoms with Crippen molar-refractivity contribution in [3.63, 3.8) is 0 Å². The van der Waals surface area contributed by atoms with E-state index in [0.29, 0.717) is 5.92 Å². The second kappa shape index (κ2) is 4.43. The Bertz CT molecular complexity index is 152. The van der Waals surface area contributed by atoms with Crippen molar-refractivity contribution >= 4 is 0 Å². The van der Waals surface area contributed by atoms with Crippen molar-refractivity contribution in [2.45, 2.75) is 58.2 Å². The average molecular weight is 186 g/mol. The minimum Gasteiger partial charge on any atom is -0.390 e. The Kier molecular flexibility index (Phi) is 3.74. The Labute approximate surface area is 81.3 Å². The molecule has 78 valence electrons. The molecule has 0 aliphatic carbocycles. The summed E-state index contributed by atoms with van der Waals surface area (Å²) >= 11 is 0. The van der Waals surface area contributed by atoms with Crippen LogP contribution in [0.4, 0.5) is 0 Å². The molecule has 0 spiro atoms. The molecule has 1 heterocycles. The lowest BCUT2D eigenvalue weighted by Gasteiger charge is -2.24. The van der Waals surface area contributed by atoms with Crippen molar-refractivity contribution in [2.75, 3.05) is 6.61 Å². The largest absolute Gasteiger partial charge is 0.390 e. The van der Waals surface area contributed by atoms with Gasteiger partial charge in [0.05, 0.1) is 12.7 Å². The molecule has 13 heavy (non-hydrogen) atoms. The van der Waals surface area contributed by atoms with Crippen LogP contribution in [0.3, 0.4) is 0 Å². The molecule has 0 saturated carbocycles. The van der Waals surface area contributed by atoms with Gasteiger partial charge in [-0.05, 0) is 19.3 Å². The molecule has 0 amide bonds. The highest BCUT2D eigenvalue weighted by atomic mass is 16.6. The van der Waals surface area contributed by atoms with E-state index in [2.05, 4.69) is 13.8 Å². The number of unbranched alkanes of at least 4 members (excludes halogenated alkanes) is 1. The zero-order valence-corrected chi connectivity index (χ0v) is 9.05. The number of hydrogen-bond acceptors (Lipinski definition) is 2. The summed E-state index contributed by atoms with van der Waals surface area (Å²) in [4.78, 5) is 0. The van der Waals surface area contributed by atoms with Crippen molar-refractivity contribution < 1.29 is 9.84 Å². The molecule has 0 aromatic rings. The summed E-state index contributed by atoms with van der Waals surface area (Å²) in [5, 5.41) is 10.0. The second-order valence-corrected chi connectivity index (χ2v) is 4.36. The number of epoxide rings is 1. The Morgan fingerprint density at radius 3 is 2.46 bits per heavy atom. The molecular formula is C11H22O2. The van der Waals surface area contributed by atoms with Crippen LogP contribution in [-0.4, -0.2) is 23.4 Å². The van der Waals surface area contributed by atoms with E-state index < -0.39 is 0 Å². The Hall–Kier alpha value is -0.0800. The first-order valence-electron chi connectivity index (χ1n) is 5.46. The monoisotopic (exact) mass is 186 g/mol. The van der Waals surface area contributed by atoms with Crippen LogP contribution < -0.4 is 0 Å². The Balaban J connectivity index is 2.36. The third kappa shape index (κ3) is 2.68. The number of aliphatic hydroxyl groups excluding tert-OH is 1. The minimum atomic E-state index is -0.260. The lowest BCUT2D eigenvalue weighted by Crippen LogP contribution is -2.34. The third-order valence-electron chi connectivity index (χ3n) is 3.12. The summed E-state index contributed by atoms with van der Waals surface area (Å²) < 4.78 is 5.27. The summed E-state index contributed by atoms with van der Waals surface area (Å²) in [6.45, 7) is 7.08. The van der Waals surface area contributed by atoms with Gasteiger partial charge in [0.1, 0.15) is 5.60 Å². The van der Waals surface area contributed by atoms with Crippen molar-refractivity contribution in [1.29, 1.82) is 0 Å². The summed E-state index contributed by atoms with van der Waals surface area (Å²) in [6.07, 6.45) is 4.35. The van der Waals surface area contributed by atoms with E-state index in [1.807, 2.05) is 6.92 Å². The van der Waals surface area contributed by atoms with E-state index >= 15 is 0 Å². The van der Waals surface area contributed by atoms with Crippen molar-refractivity contribution in [3.8, 4) is 0 Å². The van der Waals surface area contributed by atoms with Crippen molar-refractivity contribution in [3.05, 3.63) is 0 Å². The number of hydrogen-bond donors (Lipinski definition) is 1. The van der Waals surface area contributed by atoms with Crippen LogP contribution in [0.15, 0.2) is 0 Å². The third-order valence-corrected chi connectivity index (χ3v) is 3.12. The summed E-state index contributed by atoms with van der Waals surface area (Å²) in [7, 11) is 0. The lowest BCUT2D eigenvalue weighted by molar-refractivity contribution is 0.0288. The van der Waals surface area contributed by atoms with E-state index in [1.54, 1.807) is 0 Å². The van der Waals surface area contributed by atoms with E-state index in [0.717, 1.165) is 19.4 Å². The quantitative estimate of drug-likeness (QED) is 0.646. The van der Waals surface area contributed by atoms with Crippen LogP contribution in [0.2, 0.25) is 0 Å². The summed E-state index contributed by atoms with van der Waals surface area (Å²) in [6, 6.07) is 0. The van der Waals surface area contributed by atoms with Crippen molar-refractivity contribution in [2.24, 2.45) is 5.92 Å². The molecule has 1 aliphatic rings. The maximum absolute atomic E-state index is 10.0. The van der Waals surface area contributed by atoms with E-state index in [4.69, 9.17) is 4.74 Å². The summed E-state index contributed by atoms with van der Waals surface area (Å²) in [5.41, 5.74) is -0.214. The van der Waals surface area contributed by atoms with Crippen LogP contribution in [0.5, 0.6) is 0 Å². The highest BCUT2D eigenvalue weighted by Crippen LogP contribution is 2.36. The summed E-state index contributed by atoms with van der Waals surface area (Å²) in [5.74, 6) is 0.424. The number of aliphatic hydroxyl groups is 1. The molecule has 0 bridgehead atoms. The maximum Gasteiger partial charge on any atom is 0.115 e. The predicted molar refractivity (Wildman–Crippen MR) is 53.7 cm³/mol. The average Bonchev–Trinajstić information content (AvgIpc) is 2.86. The number of rotatable bonds is 6. The van der Waals surface area contributed by atoms with E-state index in [1.165, 1.54) is 12.8 Å². The standard InChI is InChI=1S/C11H22O2/c1-4-6-7-9(5-2)10(12)11(3)8-13-11/h9-10,12H,4-8H2,1-3H3. The first-order valence-corrected chi connectivity index (χ1v) is 5.46. The lowest BCUT2D eigenvalue weighted by atomic mass is 9.86. The molecule has 1 fully saturated rings. The fraction of sp³-hybridized carbons (Fsp3) is 1.00. The minimum absolute atomic E-state index is 0.214. The van der Waals surface area contributed by atoms with Gasteiger partial charge in [0.25, 0.3) is 0 Å². The van der Waals surface area contributed by atoms with Gasteiger partial charge in [0, 0.05) is 0 Å². The maximum atomic E-state index is 10.0. The van der Waals surface area contributed by atoms with Crippen LogP contribution in [0.25, 0.3) is 0 Å². The molecule has 1 rings (SSSR count). The topological polar surface area (TPSA) is 32.8 Å². The number of ether oxygens (including phenoxy) is 1. The highest BCUT2D eigenvalue weighted by Gasteiger charge is 2.48. The molecule has 1 saturated heterocycles. The van der Waals surface area contributed by atoms with Gasteiger partial charge in [-0.2, -0.15) is 0 Å². The second-order valence-electron chi connectivity index (χ2n) is 4.36. The zero-order valence-electron chi connectivity index (χ0n) is 9.05. The molecule has 0 aromatic carbocycles. The van der Waals surface area contributed by atoms with Gasteiger partial charge >= 0.3 is 0 Å². The van der Waals surface area contributed by atoms with E-state index in [9.17, 15) is 5.11 Å². The Morgan fingerprint density at radius 2 is 2.08 bits per heavy atom. The van der Waals surface area contributed by atoms with Gasteiger partial charge in [-0.1, -0.05) is 33.1 Å². The molecule has 3 atom stereocenters. The fourth-order valence-corrected chi connectivity index (χ4v) is 1.83. The molecule has 0 aromatic heterocycles. The van der Waals surface area contributed by atoms with Crippen LogP contribution in [-0.2, 0) is 4.74 Å². The molecule has 1 aliphatic heterocycles. The van der Waals surface area contributed by atoms with Gasteiger partial charge in [-0.25, -0.2) is 0 Å². The molecule has 3 unspecified atom stereocenters. The van der Waals surface area contributed by atoms with E-state index in [-0.39, 0.29) is 11.7 Å². The molecule has 2 nitrogen and oxygen atoms in total. The zero-order chi connectivity index (χ0) is 9.90. The fourth-order valence-electron chi connectivity index (χ4n) is 1.83. The molecule has 2 heteroatoms. The van der Waals surface area contributed by atoms with Gasteiger partial charge in [-0.15, -0.1) is 0 Å². The highest BCUT2D eigenvalue weighted by molar-refractivity contribution is 4.96. The van der Waals surface area contributed by atoms with Gasteiger partial charge in [0.2, 0.25) is 0 Å². The SMILES string of the molecule is CCCCC(CC)C(O)C1(C)CO1. The van der Waals surface area contributed by atoms with Gasteiger partial charge in [-0.3, -0.25) is 0 Å². The smallest absolute Gasteiger partial charge is 0.115 e. The van der Waals surface area contributed by atoms with Crippen LogP contribution >= 0.6 is 0 Å². The van der Waals surface area contributed by atoms with Crippen LogP contribution in [0.1, 0.15) is 46.5 Å². The predicted octanol–water partition coefficient (Wildman–Crippen LogP) is 2.35. The van der Waals surface area contributed by atoms with Crippen molar-refractivity contribution in [1.82, 2.24) is 0 Å². The molecular weight excluding hydrogens is 164 g/mol. The van der Waals surface area contributed by atoms with Crippen LogP contribution in [0, 0.1) is 5.92 Å². The molecule has 0 radical (unpaired) electrons. The van der Waals surface area contributed by atoms with Gasteiger partial charge in [0.15, 0.2) is 0 Å². The first-order chi connectivity index (χ1) is 6.14. The normalized spacial score (nSPS) is 31.4.